The number of aryl methyl sites for hydroxylation is 1. The number of anilines is 2. The van der Waals surface area contributed by atoms with Crippen LogP contribution in [0.5, 0.6) is 0 Å². The van der Waals surface area contributed by atoms with Crippen LogP contribution < -0.4 is 10.6 Å². The number of amides is 2. The van der Waals surface area contributed by atoms with Gasteiger partial charge < -0.3 is 10.6 Å². The maximum absolute atomic E-state index is 12.3. The van der Waals surface area contributed by atoms with Gasteiger partial charge in [-0.1, -0.05) is 6.07 Å². The third-order valence-electron chi connectivity index (χ3n) is 3.97. The van der Waals surface area contributed by atoms with E-state index in [1.807, 2.05) is 0 Å². The number of benzene rings is 1. The van der Waals surface area contributed by atoms with Gasteiger partial charge >= 0.3 is 0 Å². The molecule has 3 aromatic rings. The second kappa shape index (κ2) is 8.75. The van der Waals surface area contributed by atoms with Crippen LogP contribution in [0.15, 0.2) is 55.4 Å². The van der Waals surface area contributed by atoms with Gasteiger partial charge in [-0.3, -0.25) is 19.0 Å². The van der Waals surface area contributed by atoms with Crippen LogP contribution in [0.3, 0.4) is 0 Å². The Balaban J connectivity index is 1.50. The molecule has 27 heavy (non-hydrogen) atoms. The Morgan fingerprint density at radius 1 is 1.15 bits per heavy atom. The molecule has 140 valence electrons. The molecule has 0 fully saturated rings. The molecule has 0 radical (unpaired) electrons. The van der Waals surface area contributed by atoms with Gasteiger partial charge in [0.25, 0.3) is 0 Å². The lowest BCUT2D eigenvalue weighted by molar-refractivity contribution is -0.119. The van der Waals surface area contributed by atoms with Crippen molar-refractivity contribution in [2.45, 2.75) is 32.4 Å². The number of aromatic nitrogens is 5. The number of hydrogen-bond acceptors (Lipinski definition) is 5. The second-order valence-corrected chi connectivity index (χ2v) is 6.04. The highest BCUT2D eigenvalue weighted by Crippen LogP contribution is 2.17. The topological polar surface area (TPSA) is 107 Å². The molecule has 0 aliphatic carbocycles. The molecule has 0 spiro atoms. The van der Waals surface area contributed by atoms with E-state index < -0.39 is 6.04 Å². The fourth-order valence-corrected chi connectivity index (χ4v) is 2.52. The molecule has 1 atom stereocenters. The van der Waals surface area contributed by atoms with Crippen molar-refractivity contribution in [3.63, 3.8) is 0 Å². The number of hydrogen-bond donors (Lipinski definition) is 2. The van der Waals surface area contributed by atoms with Gasteiger partial charge in [0.15, 0.2) is 0 Å². The Bertz CT molecular complexity index is 875. The van der Waals surface area contributed by atoms with Crippen molar-refractivity contribution in [1.29, 1.82) is 0 Å². The molecular formula is C18H21N7O2. The summed E-state index contributed by atoms with van der Waals surface area (Å²) in [5, 5.41) is 13.7. The molecule has 0 saturated heterocycles. The van der Waals surface area contributed by atoms with Crippen molar-refractivity contribution in [2.75, 3.05) is 10.6 Å². The summed E-state index contributed by atoms with van der Waals surface area (Å²) in [6.07, 6.45) is 7.48. The smallest absolute Gasteiger partial charge is 0.248 e. The maximum atomic E-state index is 12.3. The monoisotopic (exact) mass is 367 g/mol. The Morgan fingerprint density at radius 2 is 1.96 bits per heavy atom. The van der Waals surface area contributed by atoms with E-state index in [9.17, 15) is 9.59 Å². The van der Waals surface area contributed by atoms with Crippen molar-refractivity contribution < 1.29 is 9.59 Å². The fourth-order valence-electron chi connectivity index (χ4n) is 2.52. The summed E-state index contributed by atoms with van der Waals surface area (Å²) in [7, 11) is 0. The summed E-state index contributed by atoms with van der Waals surface area (Å²) < 4.78 is 3.26. The van der Waals surface area contributed by atoms with Crippen LogP contribution in [0.2, 0.25) is 0 Å². The predicted molar refractivity (Wildman–Crippen MR) is 99.9 cm³/mol. The van der Waals surface area contributed by atoms with Gasteiger partial charge in [0, 0.05) is 36.7 Å². The van der Waals surface area contributed by atoms with Crippen LogP contribution >= 0.6 is 0 Å². The van der Waals surface area contributed by atoms with Crippen molar-refractivity contribution in [3.05, 3.63) is 55.4 Å². The summed E-state index contributed by atoms with van der Waals surface area (Å²) in [5.41, 5.74) is 1.24. The first-order valence-electron chi connectivity index (χ1n) is 8.64. The standard InChI is InChI=1S/C18H21N7O2/c1-14(25-10-4-8-20-25)18(27)23-16-6-2-5-15(11-16)22-17(26)7-3-9-24-13-19-12-21-24/h2,4-6,8,10-14H,3,7,9H2,1H3,(H,22,26)(H,23,27)/t14-/m1/s1. The van der Waals surface area contributed by atoms with Crippen LogP contribution in [0.1, 0.15) is 25.8 Å². The minimum Gasteiger partial charge on any atom is -0.326 e. The highest BCUT2D eigenvalue weighted by molar-refractivity contribution is 5.95. The third kappa shape index (κ3) is 5.24. The zero-order chi connectivity index (χ0) is 19.1. The van der Waals surface area contributed by atoms with Gasteiger partial charge in [-0.2, -0.15) is 10.2 Å². The summed E-state index contributed by atoms with van der Waals surface area (Å²) >= 11 is 0. The lowest BCUT2D eigenvalue weighted by atomic mass is 10.2. The molecule has 0 saturated carbocycles. The number of nitrogens with one attached hydrogen (secondary N) is 2. The molecule has 0 bridgehead atoms. The van der Waals surface area contributed by atoms with E-state index >= 15 is 0 Å². The van der Waals surface area contributed by atoms with Gasteiger partial charge in [-0.25, -0.2) is 4.98 Å². The van der Waals surface area contributed by atoms with Crippen molar-refractivity contribution in [1.82, 2.24) is 24.5 Å². The summed E-state index contributed by atoms with van der Waals surface area (Å²) in [4.78, 5) is 28.3. The molecule has 0 aliphatic rings. The first-order chi connectivity index (χ1) is 13.1. The second-order valence-electron chi connectivity index (χ2n) is 6.04. The molecular weight excluding hydrogens is 346 g/mol. The molecule has 9 nitrogen and oxygen atoms in total. The summed E-state index contributed by atoms with van der Waals surface area (Å²) in [6.45, 7) is 2.40. The van der Waals surface area contributed by atoms with Gasteiger partial charge in [0.05, 0.1) is 0 Å². The summed E-state index contributed by atoms with van der Waals surface area (Å²) in [5.74, 6) is -0.279. The normalized spacial score (nSPS) is 11.7. The lowest BCUT2D eigenvalue weighted by Crippen LogP contribution is -2.24. The van der Waals surface area contributed by atoms with Gasteiger partial charge in [0.1, 0.15) is 18.7 Å². The fraction of sp³-hybridized carbons (Fsp3) is 0.278. The largest absolute Gasteiger partial charge is 0.326 e. The molecule has 0 aliphatic heterocycles. The Morgan fingerprint density at radius 3 is 2.67 bits per heavy atom. The Hall–Kier alpha value is -3.49. The molecule has 0 unspecified atom stereocenters. The van der Waals surface area contributed by atoms with E-state index in [2.05, 4.69) is 25.8 Å². The van der Waals surface area contributed by atoms with Gasteiger partial charge in [-0.05, 0) is 37.6 Å². The van der Waals surface area contributed by atoms with E-state index in [1.165, 1.54) is 6.33 Å². The van der Waals surface area contributed by atoms with E-state index in [-0.39, 0.29) is 11.8 Å². The van der Waals surface area contributed by atoms with E-state index in [4.69, 9.17) is 0 Å². The van der Waals surface area contributed by atoms with E-state index in [1.54, 1.807) is 65.3 Å². The average molecular weight is 367 g/mol. The zero-order valence-corrected chi connectivity index (χ0v) is 14.9. The maximum Gasteiger partial charge on any atom is 0.248 e. The predicted octanol–water partition coefficient (Wildman–Crippen LogP) is 2.09. The highest BCUT2D eigenvalue weighted by atomic mass is 16.2. The molecule has 9 heteroatoms. The first kappa shape index (κ1) is 18.3. The minimum absolute atomic E-state index is 0.0940. The van der Waals surface area contributed by atoms with Crippen molar-refractivity contribution in [3.8, 4) is 0 Å². The average Bonchev–Trinajstić information content (AvgIpc) is 3.35. The Kier molecular flexibility index (Phi) is 5.93. The van der Waals surface area contributed by atoms with Crippen molar-refractivity contribution in [2.24, 2.45) is 0 Å². The number of carbonyl (C=O) groups excluding carboxylic acids is 2. The zero-order valence-electron chi connectivity index (χ0n) is 14.9. The first-order valence-corrected chi connectivity index (χ1v) is 8.64. The van der Waals surface area contributed by atoms with Gasteiger partial charge in [0.2, 0.25) is 11.8 Å². The molecule has 1 aromatic carbocycles. The molecule has 2 aromatic heterocycles. The van der Waals surface area contributed by atoms with Crippen LogP contribution in [0.4, 0.5) is 11.4 Å². The number of nitrogens with zero attached hydrogens (tertiary/aromatic N) is 5. The highest BCUT2D eigenvalue weighted by Gasteiger charge is 2.15. The molecule has 2 N–H and O–H groups in total. The quantitative estimate of drug-likeness (QED) is 0.634. The van der Waals surface area contributed by atoms with Gasteiger partial charge in [-0.15, -0.1) is 0 Å². The summed E-state index contributed by atoms with van der Waals surface area (Å²) in [6, 6.07) is 8.39. The molecule has 2 heterocycles. The Labute approximate surface area is 156 Å². The van der Waals surface area contributed by atoms with Crippen molar-refractivity contribution >= 4 is 23.2 Å². The lowest BCUT2D eigenvalue weighted by Gasteiger charge is -2.13. The molecule has 3 rings (SSSR count). The van der Waals surface area contributed by atoms with Crippen LogP contribution in [0.25, 0.3) is 0 Å². The van der Waals surface area contributed by atoms with Crippen LogP contribution in [-0.2, 0) is 16.1 Å². The van der Waals surface area contributed by atoms with Crippen LogP contribution in [-0.4, -0.2) is 36.4 Å². The third-order valence-corrected chi connectivity index (χ3v) is 3.97. The van der Waals surface area contributed by atoms with Crippen LogP contribution in [0, 0.1) is 0 Å². The SMILES string of the molecule is C[C@H](C(=O)Nc1cccc(NC(=O)CCCn2cncn2)c1)n1cccn1. The van der Waals surface area contributed by atoms with E-state index in [0.717, 1.165) is 0 Å². The molecule has 2 amide bonds. The minimum atomic E-state index is -0.435. The number of rotatable bonds is 8. The van der Waals surface area contributed by atoms with E-state index in [0.29, 0.717) is 30.8 Å². The number of carbonyl (C=O) groups is 2.